The number of aromatic nitrogens is 2. The van der Waals surface area contributed by atoms with Crippen LogP contribution in [0.3, 0.4) is 0 Å². The lowest BCUT2D eigenvalue weighted by atomic mass is 9.47. The predicted molar refractivity (Wildman–Crippen MR) is 131 cm³/mol. The average molecular weight is 429 g/mol. The average Bonchev–Trinajstić information content (AvgIpc) is 3.31. The van der Waals surface area contributed by atoms with Gasteiger partial charge in [-0.2, -0.15) is 5.10 Å². The number of aliphatic hydroxyl groups excluding tert-OH is 1. The van der Waals surface area contributed by atoms with Crippen LogP contribution in [0.2, 0.25) is 0 Å². The molecule has 1 heterocycles. The Balaban J connectivity index is 1.39. The van der Waals surface area contributed by atoms with Crippen LogP contribution in [0.25, 0.3) is 16.5 Å². The van der Waals surface area contributed by atoms with E-state index in [2.05, 4.69) is 61.5 Å². The van der Waals surface area contributed by atoms with Crippen molar-refractivity contribution in [2.45, 2.75) is 71.4 Å². The Bertz CT molecular complexity index is 1140. The van der Waals surface area contributed by atoms with Crippen molar-refractivity contribution in [3.63, 3.8) is 0 Å². The third-order valence-electron chi connectivity index (χ3n) is 9.86. The van der Waals surface area contributed by atoms with E-state index in [1.807, 2.05) is 6.08 Å². The highest BCUT2D eigenvalue weighted by molar-refractivity contribution is 5.92. The van der Waals surface area contributed by atoms with Crippen molar-refractivity contribution in [3.05, 3.63) is 60.3 Å². The second-order valence-electron chi connectivity index (χ2n) is 11.3. The molecule has 2 aromatic rings. The molecule has 0 saturated heterocycles. The number of nitrogens with zero attached hydrogens (tertiary/aromatic N) is 2. The topological polar surface area (TPSA) is 38.0 Å². The number of allylic oxidation sites excluding steroid dienone is 4. The summed E-state index contributed by atoms with van der Waals surface area (Å²) in [7, 11) is 0. The number of benzene rings is 1. The molecule has 1 N–H and O–H groups in total. The smallest absolute Gasteiger partial charge is 0.0930 e. The Morgan fingerprint density at radius 1 is 1.09 bits per heavy atom. The normalized spacial score (nSPS) is 38.5. The van der Waals surface area contributed by atoms with Crippen molar-refractivity contribution in [1.82, 2.24) is 9.78 Å². The van der Waals surface area contributed by atoms with E-state index in [9.17, 15) is 5.11 Å². The summed E-state index contributed by atoms with van der Waals surface area (Å²) >= 11 is 0. The summed E-state index contributed by atoms with van der Waals surface area (Å²) in [6, 6.07) is 8.61. The Morgan fingerprint density at radius 3 is 2.75 bits per heavy atom. The molecule has 1 aromatic heterocycles. The van der Waals surface area contributed by atoms with Gasteiger partial charge in [-0.05, 0) is 85.2 Å². The zero-order valence-electron chi connectivity index (χ0n) is 19.6. The molecule has 3 nitrogen and oxygen atoms in total. The van der Waals surface area contributed by atoms with E-state index in [0.717, 1.165) is 43.2 Å². The van der Waals surface area contributed by atoms with Gasteiger partial charge in [-0.15, -0.1) is 6.58 Å². The Labute approximate surface area is 191 Å². The predicted octanol–water partition coefficient (Wildman–Crippen LogP) is 6.54. The second-order valence-corrected chi connectivity index (χ2v) is 11.3. The number of fused-ring (bicyclic) bond motifs is 6. The van der Waals surface area contributed by atoms with Gasteiger partial charge in [0.2, 0.25) is 0 Å². The molecule has 4 aliphatic rings. The first kappa shape index (κ1) is 20.5. The molecule has 6 atom stereocenters. The third-order valence-corrected chi connectivity index (χ3v) is 9.86. The molecule has 0 bridgehead atoms. The van der Waals surface area contributed by atoms with Gasteiger partial charge in [0.05, 0.1) is 23.9 Å². The lowest BCUT2D eigenvalue weighted by Crippen LogP contribution is -2.49. The maximum Gasteiger partial charge on any atom is 0.0930 e. The minimum Gasteiger partial charge on any atom is -0.393 e. The van der Waals surface area contributed by atoms with E-state index in [-0.39, 0.29) is 11.5 Å². The van der Waals surface area contributed by atoms with Crippen LogP contribution in [0.5, 0.6) is 0 Å². The largest absolute Gasteiger partial charge is 0.393 e. The van der Waals surface area contributed by atoms with E-state index in [1.54, 1.807) is 5.57 Å². The fourth-order valence-corrected chi connectivity index (χ4v) is 8.19. The van der Waals surface area contributed by atoms with Gasteiger partial charge in [0.15, 0.2) is 0 Å². The van der Waals surface area contributed by atoms with Gasteiger partial charge >= 0.3 is 0 Å². The van der Waals surface area contributed by atoms with Crippen LogP contribution in [0.4, 0.5) is 0 Å². The highest BCUT2D eigenvalue weighted by atomic mass is 16.3. The van der Waals surface area contributed by atoms with Crippen LogP contribution in [0, 0.1) is 28.6 Å². The van der Waals surface area contributed by atoms with Crippen molar-refractivity contribution in [2.75, 3.05) is 0 Å². The molecule has 0 aliphatic heterocycles. The third kappa shape index (κ3) is 2.73. The van der Waals surface area contributed by atoms with Crippen LogP contribution in [0.1, 0.15) is 64.5 Å². The highest BCUT2D eigenvalue weighted by Crippen LogP contribution is 2.66. The zero-order valence-corrected chi connectivity index (χ0v) is 19.6. The molecule has 2 saturated carbocycles. The van der Waals surface area contributed by atoms with Crippen molar-refractivity contribution in [1.29, 1.82) is 0 Å². The summed E-state index contributed by atoms with van der Waals surface area (Å²) < 4.78 is 2.19. The summed E-state index contributed by atoms with van der Waals surface area (Å²) in [5.74, 6) is 2.20. The molecule has 0 unspecified atom stereocenters. The Hall–Kier alpha value is -2.13. The highest BCUT2D eigenvalue weighted by Gasteiger charge is 2.57. The maximum atomic E-state index is 10.3. The monoisotopic (exact) mass is 428 g/mol. The molecule has 3 heteroatoms. The molecule has 4 aliphatic carbocycles. The van der Waals surface area contributed by atoms with Crippen molar-refractivity contribution in [2.24, 2.45) is 28.6 Å². The van der Waals surface area contributed by atoms with E-state index in [4.69, 9.17) is 5.10 Å². The van der Waals surface area contributed by atoms with Gasteiger partial charge in [0, 0.05) is 5.39 Å². The Morgan fingerprint density at radius 2 is 1.91 bits per heavy atom. The van der Waals surface area contributed by atoms with Crippen molar-refractivity contribution < 1.29 is 5.11 Å². The molecule has 0 amide bonds. The van der Waals surface area contributed by atoms with Crippen LogP contribution >= 0.6 is 0 Å². The SMILES string of the molecule is C=CCn1nc2ccccc2c1C1=CC[C@H]2[C@@H]3CC=C4C[C@H](O)CC[C@]4(C)[C@H]3CC[C@]12C. The number of aliphatic hydroxyl groups is 1. The minimum atomic E-state index is -0.127. The van der Waals surface area contributed by atoms with Crippen LogP contribution in [-0.4, -0.2) is 21.0 Å². The van der Waals surface area contributed by atoms with E-state index in [0.29, 0.717) is 11.3 Å². The molecule has 32 heavy (non-hydrogen) atoms. The first-order valence-corrected chi connectivity index (χ1v) is 12.6. The zero-order chi connectivity index (χ0) is 22.1. The molecule has 6 rings (SSSR count). The van der Waals surface area contributed by atoms with Gasteiger partial charge in [0.1, 0.15) is 0 Å². The van der Waals surface area contributed by atoms with E-state index < -0.39 is 0 Å². The molecule has 0 spiro atoms. The molecule has 2 fully saturated rings. The van der Waals surface area contributed by atoms with E-state index in [1.165, 1.54) is 42.3 Å². The lowest BCUT2D eigenvalue weighted by Gasteiger charge is -2.57. The van der Waals surface area contributed by atoms with Gasteiger partial charge in [0.25, 0.3) is 0 Å². The molecule has 0 radical (unpaired) electrons. The number of hydrogen-bond donors (Lipinski definition) is 1. The summed E-state index contributed by atoms with van der Waals surface area (Å²) in [6.07, 6.45) is 14.9. The molecular weight excluding hydrogens is 392 g/mol. The van der Waals surface area contributed by atoms with E-state index >= 15 is 0 Å². The van der Waals surface area contributed by atoms with Crippen LogP contribution < -0.4 is 0 Å². The Kier molecular flexibility index (Phi) is 4.60. The summed E-state index contributed by atoms with van der Waals surface area (Å²) in [4.78, 5) is 0. The van der Waals surface area contributed by atoms with Gasteiger partial charge in [-0.1, -0.05) is 55.8 Å². The lowest BCUT2D eigenvalue weighted by molar-refractivity contribution is -0.0239. The number of rotatable bonds is 3. The van der Waals surface area contributed by atoms with Gasteiger partial charge in [-0.3, -0.25) is 4.68 Å². The van der Waals surface area contributed by atoms with Crippen molar-refractivity contribution in [3.8, 4) is 0 Å². The second kappa shape index (κ2) is 7.18. The molecule has 168 valence electrons. The van der Waals surface area contributed by atoms with Gasteiger partial charge < -0.3 is 5.11 Å². The summed E-state index contributed by atoms with van der Waals surface area (Å²) in [6.45, 7) is 9.80. The first-order valence-electron chi connectivity index (χ1n) is 12.6. The molecule has 1 aromatic carbocycles. The number of hydrogen-bond acceptors (Lipinski definition) is 2. The quantitative estimate of drug-likeness (QED) is 0.564. The molecular formula is C29H36N2O. The van der Waals surface area contributed by atoms with Gasteiger partial charge in [-0.25, -0.2) is 0 Å². The van der Waals surface area contributed by atoms with Crippen LogP contribution in [0.15, 0.2) is 54.6 Å². The van der Waals surface area contributed by atoms with Crippen molar-refractivity contribution >= 4 is 16.5 Å². The van der Waals surface area contributed by atoms with Crippen LogP contribution in [-0.2, 0) is 6.54 Å². The fraction of sp³-hybridized carbons (Fsp3) is 0.552. The maximum absolute atomic E-state index is 10.3. The first-order chi connectivity index (χ1) is 15.5. The fourth-order valence-electron chi connectivity index (χ4n) is 8.19. The summed E-state index contributed by atoms with van der Waals surface area (Å²) in [5, 5.41) is 16.5. The summed E-state index contributed by atoms with van der Waals surface area (Å²) in [5.41, 5.74) is 5.99. The standard InChI is InChI=1S/C29H36N2O/c1-4-17-31-27(22-7-5-6-8-26(22)30-31)25-12-11-23-21-10-9-19-18-20(32)13-15-28(19,2)24(21)14-16-29(23,25)3/h4-9,12,20-21,23-24,32H,1,10-11,13-18H2,2-3H3/t20-,21+,23+,24+,28+,29+/m1/s1. The minimum absolute atomic E-state index is 0.127.